The van der Waals surface area contributed by atoms with Gasteiger partial charge in [-0.05, 0) is 18.9 Å². The fourth-order valence-corrected chi connectivity index (χ4v) is 3.13. The number of hydrogen-bond acceptors (Lipinski definition) is 2. The Hall–Kier alpha value is -1.78. The monoisotopic (exact) mass is 247 g/mol. The number of carbonyl (C=O) groups is 2. The molecule has 1 aromatic rings. The van der Waals surface area contributed by atoms with E-state index in [1.807, 2.05) is 10.8 Å². The van der Waals surface area contributed by atoms with Gasteiger partial charge < -0.3 is 15.2 Å². The quantitative estimate of drug-likeness (QED) is 0.780. The number of carbonyl (C=O) groups excluding carboxylic acids is 2. The van der Waals surface area contributed by atoms with Crippen molar-refractivity contribution in [3.05, 3.63) is 23.5 Å². The first-order valence-electron chi connectivity index (χ1n) is 6.46. The molecule has 1 aromatic heterocycles. The normalized spacial score (nSPS) is 25.9. The van der Waals surface area contributed by atoms with Crippen LogP contribution >= 0.6 is 0 Å². The predicted octanol–water partition coefficient (Wildman–Crippen LogP) is 1.07. The summed E-state index contributed by atoms with van der Waals surface area (Å²) in [7, 11) is 1.58. The third-order valence-corrected chi connectivity index (χ3v) is 4.01. The molecule has 0 saturated heterocycles. The minimum Gasteiger partial charge on any atom is -0.355 e. The lowest BCUT2D eigenvalue weighted by molar-refractivity contribution is 0.0839. The van der Waals surface area contributed by atoms with Crippen molar-refractivity contribution in [3.8, 4) is 0 Å². The SMILES string of the molecule is CNC(=O)c1ccn2c1C(=O)N[C@@H]1CCCC[C@H]12. The molecule has 18 heavy (non-hydrogen) atoms. The van der Waals surface area contributed by atoms with Gasteiger partial charge in [-0.1, -0.05) is 12.8 Å². The maximum Gasteiger partial charge on any atom is 0.269 e. The summed E-state index contributed by atoms with van der Waals surface area (Å²) in [5.41, 5.74) is 0.983. The molecule has 2 amide bonds. The first kappa shape index (κ1) is 11.3. The average Bonchev–Trinajstić information content (AvgIpc) is 2.83. The minimum absolute atomic E-state index is 0.123. The van der Waals surface area contributed by atoms with Crippen LogP contribution in [0.25, 0.3) is 0 Å². The Morgan fingerprint density at radius 1 is 1.44 bits per heavy atom. The van der Waals surface area contributed by atoms with Crippen molar-refractivity contribution >= 4 is 11.8 Å². The first-order valence-corrected chi connectivity index (χ1v) is 6.46. The molecule has 2 aliphatic rings. The number of rotatable bonds is 1. The summed E-state index contributed by atoms with van der Waals surface area (Å²) in [6, 6.07) is 2.28. The second kappa shape index (κ2) is 4.15. The highest BCUT2D eigenvalue weighted by atomic mass is 16.2. The van der Waals surface area contributed by atoms with Gasteiger partial charge in [0.15, 0.2) is 0 Å². The van der Waals surface area contributed by atoms with Crippen molar-refractivity contribution in [3.63, 3.8) is 0 Å². The Morgan fingerprint density at radius 2 is 2.22 bits per heavy atom. The molecule has 1 aliphatic heterocycles. The zero-order valence-electron chi connectivity index (χ0n) is 10.4. The Kier molecular flexibility index (Phi) is 2.61. The van der Waals surface area contributed by atoms with E-state index in [4.69, 9.17) is 0 Å². The van der Waals surface area contributed by atoms with Gasteiger partial charge in [-0.3, -0.25) is 9.59 Å². The highest BCUT2D eigenvalue weighted by Gasteiger charge is 2.37. The number of nitrogens with zero attached hydrogens (tertiary/aromatic N) is 1. The number of nitrogens with one attached hydrogen (secondary N) is 2. The van der Waals surface area contributed by atoms with Crippen molar-refractivity contribution in [2.45, 2.75) is 37.8 Å². The van der Waals surface area contributed by atoms with E-state index in [1.165, 1.54) is 12.8 Å². The van der Waals surface area contributed by atoms with Gasteiger partial charge in [0.05, 0.1) is 11.6 Å². The number of amides is 2. The third-order valence-electron chi connectivity index (χ3n) is 4.01. The van der Waals surface area contributed by atoms with Crippen LogP contribution in [0.2, 0.25) is 0 Å². The van der Waals surface area contributed by atoms with Crippen LogP contribution in [-0.2, 0) is 0 Å². The van der Waals surface area contributed by atoms with Gasteiger partial charge in [0.25, 0.3) is 11.8 Å². The fourth-order valence-electron chi connectivity index (χ4n) is 3.13. The summed E-state index contributed by atoms with van der Waals surface area (Å²) >= 11 is 0. The minimum atomic E-state index is -0.201. The van der Waals surface area contributed by atoms with Crippen molar-refractivity contribution in [1.29, 1.82) is 0 Å². The van der Waals surface area contributed by atoms with Gasteiger partial charge in [-0.15, -0.1) is 0 Å². The van der Waals surface area contributed by atoms with E-state index < -0.39 is 0 Å². The van der Waals surface area contributed by atoms with Crippen molar-refractivity contribution in [2.75, 3.05) is 7.05 Å². The molecule has 0 radical (unpaired) electrons. The smallest absolute Gasteiger partial charge is 0.269 e. The molecular weight excluding hydrogens is 230 g/mol. The van der Waals surface area contributed by atoms with Crippen molar-refractivity contribution in [1.82, 2.24) is 15.2 Å². The molecule has 2 heterocycles. The zero-order valence-corrected chi connectivity index (χ0v) is 10.4. The second-order valence-electron chi connectivity index (χ2n) is 5.00. The van der Waals surface area contributed by atoms with Crippen molar-refractivity contribution < 1.29 is 9.59 Å². The van der Waals surface area contributed by atoms with E-state index in [0.717, 1.165) is 12.8 Å². The summed E-state index contributed by atoms with van der Waals surface area (Å²) in [5, 5.41) is 5.62. The third kappa shape index (κ3) is 1.54. The summed E-state index contributed by atoms with van der Waals surface area (Å²) in [4.78, 5) is 23.9. The van der Waals surface area contributed by atoms with E-state index in [1.54, 1.807) is 13.1 Å². The lowest BCUT2D eigenvalue weighted by Gasteiger charge is -2.38. The maximum absolute atomic E-state index is 12.1. The highest BCUT2D eigenvalue weighted by Crippen LogP contribution is 2.34. The fraction of sp³-hybridized carbons (Fsp3) is 0.538. The highest BCUT2D eigenvalue weighted by molar-refractivity contribution is 6.06. The number of fused-ring (bicyclic) bond motifs is 3. The molecule has 1 fully saturated rings. The largest absolute Gasteiger partial charge is 0.355 e. The number of aromatic nitrogens is 1. The molecule has 1 aliphatic carbocycles. The Labute approximate surface area is 106 Å². The average molecular weight is 247 g/mol. The number of hydrogen-bond donors (Lipinski definition) is 2. The maximum atomic E-state index is 12.1. The molecule has 1 saturated carbocycles. The van der Waals surface area contributed by atoms with Crippen LogP contribution in [0.4, 0.5) is 0 Å². The standard InChI is InChI=1S/C13H17N3O2/c1-14-12(17)8-6-7-16-10-5-3-2-4-9(10)15-13(18)11(8)16/h6-7,9-10H,2-5H2,1H3,(H,14,17)(H,15,18)/t9-,10-/m1/s1. The lowest BCUT2D eigenvalue weighted by Crippen LogP contribution is -2.49. The molecule has 5 heteroatoms. The topological polar surface area (TPSA) is 63.1 Å². The molecular formula is C13H17N3O2. The summed E-state index contributed by atoms with van der Waals surface area (Å²) in [6.07, 6.45) is 6.33. The van der Waals surface area contributed by atoms with Gasteiger partial charge in [0, 0.05) is 19.3 Å². The Morgan fingerprint density at radius 3 is 3.00 bits per heavy atom. The van der Waals surface area contributed by atoms with Crippen LogP contribution in [-0.4, -0.2) is 29.5 Å². The molecule has 2 N–H and O–H groups in total. The lowest BCUT2D eigenvalue weighted by atomic mass is 9.88. The predicted molar refractivity (Wildman–Crippen MR) is 66.6 cm³/mol. The van der Waals surface area contributed by atoms with Crippen LogP contribution in [0.3, 0.4) is 0 Å². The van der Waals surface area contributed by atoms with E-state index in [2.05, 4.69) is 10.6 Å². The molecule has 3 rings (SSSR count). The zero-order chi connectivity index (χ0) is 12.7. The van der Waals surface area contributed by atoms with Gasteiger partial charge in [0.2, 0.25) is 0 Å². The molecule has 0 aromatic carbocycles. The molecule has 96 valence electrons. The summed E-state index contributed by atoms with van der Waals surface area (Å²) in [5.74, 6) is -0.324. The van der Waals surface area contributed by atoms with Crippen molar-refractivity contribution in [2.24, 2.45) is 0 Å². The van der Waals surface area contributed by atoms with E-state index in [0.29, 0.717) is 17.3 Å². The molecule has 0 unspecified atom stereocenters. The van der Waals surface area contributed by atoms with Gasteiger partial charge in [-0.2, -0.15) is 0 Å². The summed E-state index contributed by atoms with van der Waals surface area (Å²) in [6.45, 7) is 0. The van der Waals surface area contributed by atoms with E-state index in [-0.39, 0.29) is 17.9 Å². The van der Waals surface area contributed by atoms with Gasteiger partial charge >= 0.3 is 0 Å². The van der Waals surface area contributed by atoms with Crippen LogP contribution in [0.1, 0.15) is 52.6 Å². The van der Waals surface area contributed by atoms with E-state index >= 15 is 0 Å². The molecule has 0 spiro atoms. The Balaban J connectivity index is 2.05. The van der Waals surface area contributed by atoms with Crippen LogP contribution in [0, 0.1) is 0 Å². The Bertz CT molecular complexity index is 506. The van der Waals surface area contributed by atoms with Gasteiger partial charge in [-0.25, -0.2) is 0 Å². The van der Waals surface area contributed by atoms with Crippen LogP contribution < -0.4 is 10.6 Å². The first-order chi connectivity index (χ1) is 8.72. The molecule has 2 atom stereocenters. The molecule has 5 nitrogen and oxygen atoms in total. The summed E-state index contributed by atoms with van der Waals surface area (Å²) < 4.78 is 1.99. The van der Waals surface area contributed by atoms with Crippen LogP contribution in [0.15, 0.2) is 12.3 Å². The van der Waals surface area contributed by atoms with E-state index in [9.17, 15) is 9.59 Å². The molecule has 0 bridgehead atoms. The van der Waals surface area contributed by atoms with Gasteiger partial charge in [0.1, 0.15) is 5.69 Å². The van der Waals surface area contributed by atoms with Crippen LogP contribution in [0.5, 0.6) is 0 Å². The second-order valence-corrected chi connectivity index (χ2v) is 5.00.